The quantitative estimate of drug-likeness (QED) is 0.420. The topological polar surface area (TPSA) is 51.2 Å². The van der Waals surface area contributed by atoms with Crippen LogP contribution in [0.3, 0.4) is 0 Å². The Labute approximate surface area is 163 Å². The van der Waals surface area contributed by atoms with Crippen LogP contribution in [0.25, 0.3) is 16.3 Å². The van der Waals surface area contributed by atoms with Crippen molar-refractivity contribution in [1.29, 1.82) is 0 Å². The average molecular weight is 381 g/mol. The second kappa shape index (κ2) is 8.82. The van der Waals surface area contributed by atoms with E-state index in [4.69, 9.17) is 4.74 Å². The zero-order valence-corrected chi connectivity index (χ0v) is 16.7. The SMILES string of the molecule is CCCCOc1ccc(/C=C/C(=O)Nc2nc3c(C)c(C)ccc3s2)cc1. The van der Waals surface area contributed by atoms with E-state index in [1.807, 2.05) is 30.3 Å². The molecule has 0 aliphatic rings. The summed E-state index contributed by atoms with van der Waals surface area (Å²) >= 11 is 1.49. The molecule has 1 amide bonds. The molecule has 0 radical (unpaired) electrons. The van der Waals surface area contributed by atoms with Crippen LogP contribution in [0.5, 0.6) is 5.75 Å². The number of carbonyl (C=O) groups is 1. The molecule has 4 nitrogen and oxygen atoms in total. The predicted molar refractivity (Wildman–Crippen MR) is 114 cm³/mol. The Morgan fingerprint density at radius 2 is 1.96 bits per heavy atom. The van der Waals surface area contributed by atoms with Crippen molar-refractivity contribution >= 4 is 38.7 Å². The number of thiazole rings is 1. The number of anilines is 1. The lowest BCUT2D eigenvalue weighted by Crippen LogP contribution is -2.07. The highest BCUT2D eigenvalue weighted by Gasteiger charge is 2.09. The van der Waals surface area contributed by atoms with Crippen molar-refractivity contribution < 1.29 is 9.53 Å². The lowest BCUT2D eigenvalue weighted by atomic mass is 10.1. The number of nitrogens with zero attached hydrogens (tertiary/aromatic N) is 1. The molecular weight excluding hydrogens is 356 g/mol. The normalized spacial score (nSPS) is 11.2. The minimum absolute atomic E-state index is 0.188. The summed E-state index contributed by atoms with van der Waals surface area (Å²) in [4.78, 5) is 16.8. The van der Waals surface area contributed by atoms with Crippen LogP contribution in [0.1, 0.15) is 36.5 Å². The van der Waals surface area contributed by atoms with E-state index in [9.17, 15) is 4.79 Å². The first kappa shape index (κ1) is 19.1. The molecule has 2 aromatic carbocycles. The van der Waals surface area contributed by atoms with Crippen molar-refractivity contribution in [3.05, 3.63) is 59.2 Å². The molecule has 0 spiro atoms. The first-order valence-electron chi connectivity index (χ1n) is 9.15. The number of nitrogens with one attached hydrogen (secondary N) is 1. The van der Waals surface area contributed by atoms with Crippen LogP contribution in [-0.4, -0.2) is 17.5 Å². The second-order valence-electron chi connectivity index (χ2n) is 6.47. The fourth-order valence-corrected chi connectivity index (χ4v) is 3.54. The van der Waals surface area contributed by atoms with Crippen LogP contribution < -0.4 is 10.1 Å². The predicted octanol–water partition coefficient (Wildman–Crippen LogP) is 5.74. The van der Waals surface area contributed by atoms with Crippen LogP contribution in [0.2, 0.25) is 0 Å². The maximum absolute atomic E-state index is 12.2. The van der Waals surface area contributed by atoms with E-state index < -0.39 is 0 Å². The summed E-state index contributed by atoms with van der Waals surface area (Å²) in [5.41, 5.74) is 4.26. The monoisotopic (exact) mass is 380 g/mol. The second-order valence-corrected chi connectivity index (χ2v) is 7.50. The van der Waals surface area contributed by atoms with Crippen LogP contribution in [0, 0.1) is 13.8 Å². The van der Waals surface area contributed by atoms with Gasteiger partial charge in [-0.2, -0.15) is 0 Å². The zero-order chi connectivity index (χ0) is 19.2. The van der Waals surface area contributed by atoms with Gasteiger partial charge in [-0.25, -0.2) is 4.98 Å². The first-order chi connectivity index (χ1) is 13.1. The Kier molecular flexibility index (Phi) is 6.24. The van der Waals surface area contributed by atoms with Gasteiger partial charge in [0.2, 0.25) is 5.91 Å². The third kappa shape index (κ3) is 4.95. The average Bonchev–Trinajstić information content (AvgIpc) is 3.08. The molecular formula is C22H24N2O2S. The molecule has 0 bridgehead atoms. The molecule has 0 aliphatic carbocycles. The number of aromatic nitrogens is 1. The number of carbonyl (C=O) groups excluding carboxylic acids is 1. The van der Waals surface area contributed by atoms with Crippen molar-refractivity contribution in [1.82, 2.24) is 4.98 Å². The van der Waals surface area contributed by atoms with Gasteiger partial charge in [0, 0.05) is 6.08 Å². The molecule has 1 heterocycles. The Hall–Kier alpha value is -2.66. The highest BCUT2D eigenvalue weighted by molar-refractivity contribution is 7.22. The van der Waals surface area contributed by atoms with Gasteiger partial charge >= 0.3 is 0 Å². The van der Waals surface area contributed by atoms with Gasteiger partial charge in [0.25, 0.3) is 0 Å². The van der Waals surface area contributed by atoms with Gasteiger partial charge in [-0.15, -0.1) is 0 Å². The fourth-order valence-electron chi connectivity index (χ4n) is 2.61. The van der Waals surface area contributed by atoms with Crippen LogP contribution in [0.4, 0.5) is 5.13 Å². The molecule has 0 saturated heterocycles. The van der Waals surface area contributed by atoms with Crippen LogP contribution in [-0.2, 0) is 4.79 Å². The summed E-state index contributed by atoms with van der Waals surface area (Å²) in [6.07, 6.45) is 5.47. The first-order valence-corrected chi connectivity index (χ1v) is 9.97. The Morgan fingerprint density at radius 1 is 1.19 bits per heavy atom. The number of benzene rings is 2. The number of amides is 1. The molecule has 0 saturated carbocycles. The van der Waals surface area contributed by atoms with E-state index in [0.717, 1.165) is 46.5 Å². The molecule has 27 heavy (non-hydrogen) atoms. The van der Waals surface area contributed by atoms with Gasteiger partial charge in [0.1, 0.15) is 5.75 Å². The van der Waals surface area contributed by atoms with Crippen molar-refractivity contribution in [2.45, 2.75) is 33.6 Å². The van der Waals surface area contributed by atoms with Gasteiger partial charge in [-0.05, 0) is 61.2 Å². The Morgan fingerprint density at radius 3 is 2.70 bits per heavy atom. The molecule has 3 rings (SSSR count). The summed E-state index contributed by atoms with van der Waals surface area (Å²) < 4.78 is 6.72. The molecule has 0 unspecified atom stereocenters. The minimum Gasteiger partial charge on any atom is -0.494 e. The van der Waals surface area contributed by atoms with Gasteiger partial charge in [0.15, 0.2) is 5.13 Å². The third-order valence-electron chi connectivity index (χ3n) is 4.39. The summed E-state index contributed by atoms with van der Waals surface area (Å²) in [5, 5.41) is 3.47. The van der Waals surface area contributed by atoms with E-state index in [0.29, 0.717) is 5.13 Å². The van der Waals surface area contributed by atoms with Gasteiger partial charge < -0.3 is 4.74 Å². The third-order valence-corrected chi connectivity index (χ3v) is 5.32. The zero-order valence-electron chi connectivity index (χ0n) is 15.9. The fraction of sp³-hybridized carbons (Fsp3) is 0.273. The smallest absolute Gasteiger partial charge is 0.250 e. The summed E-state index contributed by atoms with van der Waals surface area (Å²) in [6, 6.07) is 11.9. The molecule has 140 valence electrons. The van der Waals surface area contributed by atoms with E-state index in [2.05, 4.69) is 37.1 Å². The molecule has 5 heteroatoms. The van der Waals surface area contributed by atoms with E-state index in [-0.39, 0.29) is 5.91 Å². The van der Waals surface area contributed by atoms with Crippen LogP contribution >= 0.6 is 11.3 Å². The molecule has 3 aromatic rings. The lowest BCUT2D eigenvalue weighted by molar-refractivity contribution is -0.111. The number of unbranched alkanes of at least 4 members (excludes halogenated alkanes) is 1. The summed E-state index contributed by atoms with van der Waals surface area (Å²) in [5.74, 6) is 0.664. The van der Waals surface area contributed by atoms with Gasteiger partial charge in [-0.1, -0.05) is 42.9 Å². The van der Waals surface area contributed by atoms with E-state index >= 15 is 0 Å². The van der Waals surface area contributed by atoms with Crippen molar-refractivity contribution in [2.24, 2.45) is 0 Å². The summed E-state index contributed by atoms with van der Waals surface area (Å²) in [7, 11) is 0. The van der Waals surface area contributed by atoms with Crippen LogP contribution in [0.15, 0.2) is 42.5 Å². The number of hydrogen-bond donors (Lipinski definition) is 1. The molecule has 1 aromatic heterocycles. The number of aryl methyl sites for hydroxylation is 2. The minimum atomic E-state index is -0.188. The number of hydrogen-bond acceptors (Lipinski definition) is 4. The highest BCUT2D eigenvalue weighted by atomic mass is 32.1. The molecule has 0 aliphatic heterocycles. The number of fused-ring (bicyclic) bond motifs is 1. The van der Waals surface area contributed by atoms with E-state index in [1.54, 1.807) is 6.08 Å². The Balaban J connectivity index is 1.61. The van der Waals surface area contributed by atoms with Gasteiger partial charge in [-0.3, -0.25) is 10.1 Å². The Bertz CT molecular complexity index is 958. The number of ether oxygens (including phenoxy) is 1. The maximum Gasteiger partial charge on any atom is 0.250 e. The standard InChI is InChI=1S/C22H24N2O2S/c1-4-5-14-26-18-10-7-17(8-11-18)9-13-20(25)23-22-24-21-16(3)15(2)6-12-19(21)27-22/h6-13H,4-5,14H2,1-3H3,(H,23,24,25)/b13-9+. The maximum atomic E-state index is 12.2. The van der Waals surface area contributed by atoms with Crippen molar-refractivity contribution in [3.8, 4) is 5.75 Å². The van der Waals surface area contributed by atoms with Crippen molar-refractivity contribution in [2.75, 3.05) is 11.9 Å². The lowest BCUT2D eigenvalue weighted by Gasteiger charge is -2.05. The molecule has 0 fully saturated rings. The highest BCUT2D eigenvalue weighted by Crippen LogP contribution is 2.29. The number of rotatable bonds is 7. The van der Waals surface area contributed by atoms with Gasteiger partial charge in [0.05, 0.1) is 16.8 Å². The molecule has 0 atom stereocenters. The van der Waals surface area contributed by atoms with Crippen molar-refractivity contribution in [3.63, 3.8) is 0 Å². The summed E-state index contributed by atoms with van der Waals surface area (Å²) in [6.45, 7) is 6.99. The van der Waals surface area contributed by atoms with E-state index in [1.165, 1.54) is 23.0 Å². The molecule has 1 N–H and O–H groups in total. The largest absolute Gasteiger partial charge is 0.494 e.